The average molecular weight is 288 g/mol. The molecular weight excluding hydrogens is 274 g/mol. The Hall–Kier alpha value is -0.810. The van der Waals surface area contributed by atoms with Crippen molar-refractivity contribution in [2.24, 2.45) is 5.92 Å². The standard InChI is InChI=1S/C11H14BrNO3/c1-7(14)8-2-4-13(6-8)11(15)9-3-5-16-10(9)12/h3,5,7-8,14H,2,4,6H2,1H3. The van der Waals surface area contributed by atoms with Crippen molar-refractivity contribution in [2.45, 2.75) is 19.4 Å². The maximum atomic E-state index is 12.1. The summed E-state index contributed by atoms with van der Waals surface area (Å²) in [6, 6.07) is 1.65. The Labute approximate surface area is 102 Å². The van der Waals surface area contributed by atoms with E-state index in [2.05, 4.69) is 15.9 Å². The van der Waals surface area contributed by atoms with Crippen molar-refractivity contribution in [3.8, 4) is 0 Å². The number of nitrogens with zero attached hydrogens (tertiary/aromatic N) is 1. The highest BCUT2D eigenvalue weighted by Crippen LogP contribution is 2.25. The molecule has 0 aliphatic carbocycles. The van der Waals surface area contributed by atoms with Gasteiger partial charge in [0.2, 0.25) is 0 Å². The largest absolute Gasteiger partial charge is 0.457 e. The SMILES string of the molecule is CC(O)C1CCN(C(=O)c2ccoc2Br)C1. The second-order valence-electron chi connectivity index (χ2n) is 4.15. The normalized spacial score (nSPS) is 22.4. The molecule has 1 fully saturated rings. The van der Waals surface area contributed by atoms with Crippen molar-refractivity contribution in [1.29, 1.82) is 0 Å². The molecule has 0 radical (unpaired) electrons. The van der Waals surface area contributed by atoms with Crippen LogP contribution in [0.1, 0.15) is 23.7 Å². The topological polar surface area (TPSA) is 53.7 Å². The summed E-state index contributed by atoms with van der Waals surface area (Å²) < 4.78 is 5.51. The molecule has 4 nitrogen and oxygen atoms in total. The number of carbonyl (C=O) groups excluding carboxylic acids is 1. The molecule has 1 amide bonds. The van der Waals surface area contributed by atoms with E-state index in [9.17, 15) is 9.90 Å². The number of amides is 1. The lowest BCUT2D eigenvalue weighted by molar-refractivity contribution is 0.0760. The van der Waals surface area contributed by atoms with Crippen LogP contribution >= 0.6 is 15.9 Å². The quantitative estimate of drug-likeness (QED) is 0.904. The lowest BCUT2D eigenvalue weighted by Crippen LogP contribution is -2.30. The molecule has 1 saturated heterocycles. The van der Waals surface area contributed by atoms with Gasteiger partial charge in [0.15, 0.2) is 4.67 Å². The zero-order chi connectivity index (χ0) is 11.7. The molecule has 1 aliphatic rings. The van der Waals surface area contributed by atoms with Gasteiger partial charge in [-0.3, -0.25) is 4.79 Å². The smallest absolute Gasteiger partial charge is 0.258 e. The van der Waals surface area contributed by atoms with E-state index in [0.29, 0.717) is 23.3 Å². The fourth-order valence-electron chi connectivity index (χ4n) is 1.98. The van der Waals surface area contributed by atoms with Gasteiger partial charge in [-0.05, 0) is 35.3 Å². The first-order chi connectivity index (χ1) is 7.59. The lowest BCUT2D eigenvalue weighted by Gasteiger charge is -2.17. The summed E-state index contributed by atoms with van der Waals surface area (Å²) in [5.74, 6) is 0.151. The van der Waals surface area contributed by atoms with E-state index in [4.69, 9.17) is 4.42 Å². The van der Waals surface area contributed by atoms with E-state index in [1.54, 1.807) is 17.9 Å². The Morgan fingerprint density at radius 3 is 3.00 bits per heavy atom. The molecule has 0 spiro atoms. The highest BCUT2D eigenvalue weighted by atomic mass is 79.9. The molecule has 16 heavy (non-hydrogen) atoms. The van der Waals surface area contributed by atoms with Crippen LogP contribution in [0.3, 0.4) is 0 Å². The minimum Gasteiger partial charge on any atom is -0.457 e. The first-order valence-corrected chi connectivity index (χ1v) is 6.09. The minimum absolute atomic E-state index is 0.0382. The van der Waals surface area contributed by atoms with Gasteiger partial charge in [0, 0.05) is 19.0 Å². The van der Waals surface area contributed by atoms with E-state index in [1.807, 2.05) is 0 Å². The minimum atomic E-state index is -0.356. The number of hydrogen-bond acceptors (Lipinski definition) is 3. The van der Waals surface area contributed by atoms with Gasteiger partial charge in [-0.15, -0.1) is 0 Å². The monoisotopic (exact) mass is 287 g/mol. The highest BCUT2D eigenvalue weighted by Gasteiger charge is 2.30. The third kappa shape index (κ3) is 2.15. The lowest BCUT2D eigenvalue weighted by atomic mass is 10.0. The van der Waals surface area contributed by atoms with Crippen LogP contribution in [0.5, 0.6) is 0 Å². The van der Waals surface area contributed by atoms with E-state index >= 15 is 0 Å². The van der Waals surface area contributed by atoms with Gasteiger partial charge in [-0.1, -0.05) is 0 Å². The average Bonchev–Trinajstić information content (AvgIpc) is 2.84. The number of carbonyl (C=O) groups is 1. The number of aliphatic hydroxyl groups is 1. The molecule has 0 bridgehead atoms. The molecule has 5 heteroatoms. The molecule has 2 heterocycles. The van der Waals surface area contributed by atoms with Crippen LogP contribution in [0.15, 0.2) is 21.4 Å². The molecule has 1 aromatic heterocycles. The van der Waals surface area contributed by atoms with E-state index in [0.717, 1.165) is 6.42 Å². The third-order valence-electron chi connectivity index (χ3n) is 3.04. The van der Waals surface area contributed by atoms with Crippen LogP contribution in [0.2, 0.25) is 0 Å². The predicted molar refractivity (Wildman–Crippen MR) is 62.1 cm³/mol. The van der Waals surface area contributed by atoms with Gasteiger partial charge in [0.05, 0.1) is 17.9 Å². The Bertz CT molecular complexity index is 388. The Kier molecular flexibility index (Phi) is 3.35. The second kappa shape index (κ2) is 4.59. The van der Waals surface area contributed by atoms with Gasteiger partial charge in [0.1, 0.15) is 0 Å². The van der Waals surface area contributed by atoms with E-state index in [1.165, 1.54) is 6.26 Å². The van der Waals surface area contributed by atoms with Gasteiger partial charge in [0.25, 0.3) is 5.91 Å². The van der Waals surface area contributed by atoms with Gasteiger partial charge < -0.3 is 14.4 Å². The third-order valence-corrected chi connectivity index (χ3v) is 3.66. The Balaban J connectivity index is 2.05. The zero-order valence-corrected chi connectivity index (χ0v) is 10.6. The van der Waals surface area contributed by atoms with Crippen molar-refractivity contribution >= 4 is 21.8 Å². The molecule has 1 N–H and O–H groups in total. The van der Waals surface area contributed by atoms with Crippen LogP contribution in [0.25, 0.3) is 0 Å². The van der Waals surface area contributed by atoms with Crippen molar-refractivity contribution in [2.75, 3.05) is 13.1 Å². The summed E-state index contributed by atoms with van der Waals surface area (Å²) in [4.78, 5) is 13.8. The first kappa shape index (κ1) is 11.7. The number of halogens is 1. The van der Waals surface area contributed by atoms with Gasteiger partial charge >= 0.3 is 0 Å². The van der Waals surface area contributed by atoms with Crippen molar-refractivity contribution in [3.05, 3.63) is 22.6 Å². The van der Waals surface area contributed by atoms with Crippen LogP contribution in [-0.2, 0) is 0 Å². The maximum absolute atomic E-state index is 12.1. The number of rotatable bonds is 2. The van der Waals surface area contributed by atoms with E-state index < -0.39 is 0 Å². The predicted octanol–water partition coefficient (Wildman–Crippen LogP) is 1.89. The Morgan fingerprint density at radius 2 is 2.50 bits per heavy atom. The summed E-state index contributed by atoms with van der Waals surface area (Å²) in [6.45, 7) is 3.09. The molecule has 88 valence electrons. The van der Waals surface area contributed by atoms with Crippen molar-refractivity contribution in [1.82, 2.24) is 4.90 Å². The van der Waals surface area contributed by atoms with Crippen LogP contribution in [0, 0.1) is 5.92 Å². The molecule has 1 aromatic rings. The molecule has 2 unspecified atom stereocenters. The van der Waals surface area contributed by atoms with Crippen LogP contribution in [0.4, 0.5) is 0 Å². The molecule has 2 atom stereocenters. The number of furan rings is 1. The van der Waals surface area contributed by atoms with Crippen molar-refractivity contribution < 1.29 is 14.3 Å². The summed E-state index contributed by atoms with van der Waals surface area (Å²) in [5, 5.41) is 9.47. The van der Waals surface area contributed by atoms with E-state index in [-0.39, 0.29) is 17.9 Å². The fourth-order valence-corrected chi connectivity index (χ4v) is 2.39. The fraction of sp³-hybridized carbons (Fsp3) is 0.545. The molecule has 1 aliphatic heterocycles. The number of aliphatic hydroxyl groups excluding tert-OH is 1. The number of likely N-dealkylation sites (tertiary alicyclic amines) is 1. The van der Waals surface area contributed by atoms with Crippen LogP contribution in [-0.4, -0.2) is 35.1 Å². The molecular formula is C11H14BrNO3. The molecule has 0 aromatic carbocycles. The summed E-state index contributed by atoms with van der Waals surface area (Å²) in [5.41, 5.74) is 0.547. The molecule has 0 saturated carbocycles. The highest BCUT2D eigenvalue weighted by molar-refractivity contribution is 9.10. The van der Waals surface area contributed by atoms with Gasteiger partial charge in [-0.2, -0.15) is 0 Å². The Morgan fingerprint density at radius 1 is 1.75 bits per heavy atom. The van der Waals surface area contributed by atoms with Crippen molar-refractivity contribution in [3.63, 3.8) is 0 Å². The zero-order valence-electron chi connectivity index (χ0n) is 9.02. The van der Waals surface area contributed by atoms with Crippen LogP contribution < -0.4 is 0 Å². The maximum Gasteiger partial charge on any atom is 0.258 e. The molecule has 2 rings (SSSR count). The second-order valence-corrected chi connectivity index (χ2v) is 4.87. The van der Waals surface area contributed by atoms with Gasteiger partial charge in [-0.25, -0.2) is 0 Å². The summed E-state index contributed by atoms with van der Waals surface area (Å²) >= 11 is 3.19. The summed E-state index contributed by atoms with van der Waals surface area (Å²) in [6.07, 6.45) is 1.99. The first-order valence-electron chi connectivity index (χ1n) is 5.30. The summed E-state index contributed by atoms with van der Waals surface area (Å²) in [7, 11) is 0. The number of hydrogen-bond donors (Lipinski definition) is 1.